The third kappa shape index (κ3) is 40.1. The lowest BCUT2D eigenvalue weighted by Gasteiger charge is -2.18. The topological polar surface area (TPSA) is 119 Å². The van der Waals surface area contributed by atoms with Gasteiger partial charge in [-0.1, -0.05) is 167 Å². The van der Waals surface area contributed by atoms with Crippen LogP contribution in [0.25, 0.3) is 0 Å². The summed E-state index contributed by atoms with van der Waals surface area (Å²) in [5, 5.41) is 12.0. The number of nitrogens with two attached hydrogens (primary N) is 1. The number of unbranched alkanes of at least 4 members (excludes halogenated alkanes) is 26. The highest BCUT2D eigenvalue weighted by Gasteiger charge is 2.19. The number of esters is 1. The van der Waals surface area contributed by atoms with E-state index in [-0.39, 0.29) is 18.0 Å². The molecule has 0 fully saturated rings. The molecule has 4 N–H and O–H groups in total. The van der Waals surface area contributed by atoms with Crippen LogP contribution in [0.4, 0.5) is 0 Å². The fourth-order valence-electron chi connectivity index (χ4n) is 7.33. The zero-order valence-corrected chi connectivity index (χ0v) is 37.0. The summed E-state index contributed by atoms with van der Waals surface area (Å²) in [6.07, 6.45) is 50.9. The van der Waals surface area contributed by atoms with Crippen LogP contribution in [0, 0.1) is 0 Å². The van der Waals surface area contributed by atoms with Crippen LogP contribution in [0.2, 0.25) is 0 Å². The van der Waals surface area contributed by atoms with E-state index >= 15 is 0 Å². The Kier molecular flexibility index (Phi) is 42.3. The second kappa shape index (κ2) is 44.0. The molecule has 0 aromatic carbocycles. The molecule has 0 saturated heterocycles. The first kappa shape index (κ1) is 53.9. The number of nitrogens with one attached hydrogen (secondary N) is 1. The molecule has 0 rings (SSSR count). The summed E-state index contributed by atoms with van der Waals surface area (Å²) in [5.74, 6) is -1.24. The van der Waals surface area contributed by atoms with E-state index in [1.54, 1.807) is 0 Å². The molecule has 56 heavy (non-hydrogen) atoms. The lowest BCUT2D eigenvalue weighted by Crippen LogP contribution is -2.40. The Labute approximate surface area is 346 Å². The van der Waals surface area contributed by atoms with Crippen molar-refractivity contribution in [3.63, 3.8) is 0 Å². The summed E-state index contributed by atoms with van der Waals surface area (Å²) < 4.78 is 6.05. The van der Waals surface area contributed by atoms with Gasteiger partial charge in [-0.3, -0.25) is 9.59 Å². The lowest BCUT2D eigenvalue weighted by atomic mass is 10.0. The molecule has 0 spiro atoms. The van der Waals surface area contributed by atoms with Crippen LogP contribution in [0.15, 0.2) is 24.3 Å². The highest BCUT2D eigenvalue weighted by molar-refractivity contribution is 5.83. The number of carbonyl (C=O) groups is 3. The van der Waals surface area contributed by atoms with Crippen molar-refractivity contribution in [2.75, 3.05) is 6.54 Å². The molecular formula is C49H92N2O5. The van der Waals surface area contributed by atoms with Crippen molar-refractivity contribution in [3.05, 3.63) is 24.3 Å². The Morgan fingerprint density at radius 1 is 0.500 bits per heavy atom. The monoisotopic (exact) mass is 789 g/mol. The van der Waals surface area contributed by atoms with Gasteiger partial charge in [-0.25, -0.2) is 4.79 Å². The predicted octanol–water partition coefficient (Wildman–Crippen LogP) is 14.0. The van der Waals surface area contributed by atoms with Gasteiger partial charge in [0.1, 0.15) is 12.1 Å². The Bertz CT molecular complexity index is 935. The minimum Gasteiger partial charge on any atom is -0.480 e. The van der Waals surface area contributed by atoms with Crippen molar-refractivity contribution in [1.82, 2.24) is 5.32 Å². The maximum absolute atomic E-state index is 12.8. The first-order chi connectivity index (χ1) is 27.4. The number of hydrogen-bond donors (Lipinski definition) is 3. The summed E-state index contributed by atoms with van der Waals surface area (Å²) in [7, 11) is 0. The van der Waals surface area contributed by atoms with Gasteiger partial charge in [0.05, 0.1) is 0 Å². The van der Waals surface area contributed by atoms with Gasteiger partial charge in [-0.15, -0.1) is 0 Å². The van der Waals surface area contributed by atoms with Crippen molar-refractivity contribution in [3.8, 4) is 0 Å². The van der Waals surface area contributed by atoms with E-state index in [0.29, 0.717) is 32.2 Å². The highest BCUT2D eigenvalue weighted by atomic mass is 16.5. The van der Waals surface area contributed by atoms with Gasteiger partial charge < -0.3 is 20.9 Å². The van der Waals surface area contributed by atoms with Crippen molar-refractivity contribution < 1.29 is 24.2 Å². The maximum atomic E-state index is 12.8. The molecule has 0 aliphatic rings. The maximum Gasteiger partial charge on any atom is 0.326 e. The molecule has 0 saturated carbocycles. The van der Waals surface area contributed by atoms with Crippen molar-refractivity contribution >= 4 is 17.8 Å². The molecule has 7 nitrogen and oxygen atoms in total. The predicted molar refractivity (Wildman–Crippen MR) is 239 cm³/mol. The van der Waals surface area contributed by atoms with E-state index in [0.717, 1.165) is 70.6 Å². The largest absolute Gasteiger partial charge is 0.480 e. The minimum atomic E-state index is -1.00. The minimum absolute atomic E-state index is 0.0179. The van der Waals surface area contributed by atoms with E-state index in [2.05, 4.69) is 43.5 Å². The molecule has 0 aromatic rings. The quantitative estimate of drug-likeness (QED) is 0.0321. The zero-order valence-electron chi connectivity index (χ0n) is 37.0. The summed E-state index contributed by atoms with van der Waals surface area (Å²) in [4.78, 5) is 36.5. The normalized spacial score (nSPS) is 12.8. The molecule has 0 heterocycles. The van der Waals surface area contributed by atoms with E-state index in [4.69, 9.17) is 10.5 Å². The fraction of sp³-hybridized carbons (Fsp3) is 0.857. The molecule has 1 amide bonds. The molecule has 0 radical (unpaired) electrons. The van der Waals surface area contributed by atoms with Gasteiger partial charge in [0.15, 0.2) is 0 Å². The Morgan fingerprint density at radius 2 is 0.893 bits per heavy atom. The number of allylic oxidation sites excluding steroid dienone is 4. The van der Waals surface area contributed by atoms with Crippen LogP contribution >= 0.6 is 0 Å². The SMILES string of the molecule is CCCCCCCC/C=C\CCCCCCCCCC(=O)OC(CCC/C=C\CCCCCCCCCC)CCCCCCCC(=O)NC(CCCN)C(=O)O. The van der Waals surface area contributed by atoms with Gasteiger partial charge in [0.25, 0.3) is 0 Å². The summed E-state index contributed by atoms with van der Waals surface area (Å²) >= 11 is 0. The number of amides is 1. The van der Waals surface area contributed by atoms with Crippen LogP contribution in [-0.4, -0.2) is 41.6 Å². The number of hydrogen-bond acceptors (Lipinski definition) is 5. The first-order valence-corrected chi connectivity index (χ1v) is 24.2. The molecule has 7 heteroatoms. The Balaban J connectivity index is 4.32. The molecule has 0 aromatic heterocycles. The average Bonchev–Trinajstić information content (AvgIpc) is 3.18. The van der Waals surface area contributed by atoms with Crippen LogP contribution in [0.5, 0.6) is 0 Å². The molecule has 2 unspecified atom stereocenters. The number of ether oxygens (including phenoxy) is 1. The molecular weight excluding hydrogens is 697 g/mol. The first-order valence-electron chi connectivity index (χ1n) is 24.2. The third-order valence-corrected chi connectivity index (χ3v) is 11.0. The molecule has 0 aliphatic heterocycles. The number of rotatable bonds is 44. The van der Waals surface area contributed by atoms with Crippen LogP contribution in [-0.2, 0) is 19.1 Å². The van der Waals surface area contributed by atoms with Gasteiger partial charge in [0.2, 0.25) is 5.91 Å². The number of aliphatic carboxylic acids is 1. The molecule has 328 valence electrons. The van der Waals surface area contributed by atoms with Gasteiger partial charge >= 0.3 is 11.9 Å². The van der Waals surface area contributed by atoms with E-state index in [1.807, 2.05) is 0 Å². The smallest absolute Gasteiger partial charge is 0.326 e. The summed E-state index contributed by atoms with van der Waals surface area (Å²) in [5.41, 5.74) is 5.49. The van der Waals surface area contributed by atoms with Crippen LogP contribution in [0.1, 0.15) is 251 Å². The highest BCUT2D eigenvalue weighted by Crippen LogP contribution is 2.18. The second-order valence-electron chi connectivity index (χ2n) is 16.5. The average molecular weight is 789 g/mol. The number of carboxylic acids is 1. The van der Waals surface area contributed by atoms with E-state index in [9.17, 15) is 19.5 Å². The lowest BCUT2D eigenvalue weighted by molar-refractivity contribution is -0.150. The van der Waals surface area contributed by atoms with Gasteiger partial charge in [-0.05, 0) is 103 Å². The molecule has 2 atom stereocenters. The van der Waals surface area contributed by atoms with Crippen molar-refractivity contribution in [2.45, 2.75) is 264 Å². The van der Waals surface area contributed by atoms with Crippen LogP contribution in [0.3, 0.4) is 0 Å². The zero-order chi connectivity index (χ0) is 41.0. The number of carboxylic acid groups (broad SMARTS) is 1. The molecule has 0 bridgehead atoms. The van der Waals surface area contributed by atoms with Crippen LogP contribution < -0.4 is 11.1 Å². The van der Waals surface area contributed by atoms with Crippen molar-refractivity contribution in [2.24, 2.45) is 5.73 Å². The fourth-order valence-corrected chi connectivity index (χ4v) is 7.33. The third-order valence-electron chi connectivity index (χ3n) is 11.0. The summed E-state index contributed by atoms with van der Waals surface area (Å²) in [6.45, 7) is 4.95. The van der Waals surface area contributed by atoms with Crippen molar-refractivity contribution in [1.29, 1.82) is 0 Å². The number of carbonyl (C=O) groups excluding carboxylic acids is 2. The molecule has 0 aliphatic carbocycles. The van der Waals surface area contributed by atoms with Gasteiger partial charge in [-0.2, -0.15) is 0 Å². The standard InChI is InChI=1S/C49H92N2O5/c1-3-5-7-9-11-13-15-17-18-19-20-22-24-26-28-33-37-43-48(53)56-45(39-34-30-27-25-23-21-16-14-12-10-8-6-4-2)40-35-31-29-32-36-42-47(52)51-46(49(54)55)41-38-44-50/h17-18,25,27,45-46H,3-16,19-24,26,28-44,50H2,1-2H3,(H,51,52)(H,54,55)/b18-17-,27-25-. The summed E-state index contributed by atoms with van der Waals surface area (Å²) in [6, 6.07) is -0.858. The van der Waals surface area contributed by atoms with Gasteiger partial charge in [0, 0.05) is 12.8 Å². The van der Waals surface area contributed by atoms with E-state index in [1.165, 1.54) is 141 Å². The Hall–Kier alpha value is -2.15. The van der Waals surface area contributed by atoms with E-state index < -0.39 is 12.0 Å². The second-order valence-corrected chi connectivity index (χ2v) is 16.5. The Morgan fingerprint density at radius 3 is 1.36 bits per heavy atom.